The molecule has 3 N–H and O–H groups in total. The van der Waals surface area contributed by atoms with Crippen LogP contribution < -0.4 is 11.3 Å². The smallest absolute Gasteiger partial charge is 0.0595 e. The Bertz CT molecular complexity index is 372. The molecule has 96 valence electrons. The normalized spacial score (nSPS) is 13.8. The third kappa shape index (κ3) is 4.84. The maximum atomic E-state index is 6.00. The second kappa shape index (κ2) is 6.05. The van der Waals surface area contributed by atoms with Crippen LogP contribution in [0.3, 0.4) is 0 Å². The van der Waals surface area contributed by atoms with Gasteiger partial charge in [0.1, 0.15) is 0 Å². The van der Waals surface area contributed by atoms with E-state index in [1.54, 1.807) is 6.07 Å². The first-order valence-corrected chi connectivity index (χ1v) is 6.50. The molecular weight excluding hydrogens is 255 g/mol. The van der Waals surface area contributed by atoms with Crippen molar-refractivity contribution in [3.8, 4) is 0 Å². The highest BCUT2D eigenvalue weighted by atomic mass is 35.5. The molecule has 0 aliphatic carbocycles. The first-order chi connectivity index (χ1) is 7.83. The largest absolute Gasteiger partial charge is 0.271 e. The molecule has 0 bridgehead atoms. The molecule has 1 atom stereocenters. The van der Waals surface area contributed by atoms with Gasteiger partial charge in [0.15, 0.2) is 0 Å². The van der Waals surface area contributed by atoms with E-state index in [1.807, 2.05) is 12.1 Å². The van der Waals surface area contributed by atoms with Gasteiger partial charge in [-0.05, 0) is 36.0 Å². The van der Waals surface area contributed by atoms with Gasteiger partial charge in [0.05, 0.1) is 10.0 Å². The molecule has 0 spiro atoms. The third-order valence-electron chi connectivity index (χ3n) is 2.73. The summed E-state index contributed by atoms with van der Waals surface area (Å²) < 4.78 is 0. The SMILES string of the molecule is CC(C)(C)CCC(NN)c1ccc(Cl)c(Cl)c1. The summed E-state index contributed by atoms with van der Waals surface area (Å²) in [6, 6.07) is 5.75. The molecule has 0 radical (unpaired) electrons. The molecule has 0 aliphatic heterocycles. The van der Waals surface area contributed by atoms with Crippen molar-refractivity contribution in [2.45, 2.75) is 39.7 Å². The van der Waals surface area contributed by atoms with E-state index < -0.39 is 0 Å². The van der Waals surface area contributed by atoms with Gasteiger partial charge in [0, 0.05) is 6.04 Å². The average molecular weight is 275 g/mol. The van der Waals surface area contributed by atoms with E-state index in [-0.39, 0.29) is 6.04 Å². The average Bonchev–Trinajstić information content (AvgIpc) is 2.22. The maximum Gasteiger partial charge on any atom is 0.0595 e. The van der Waals surface area contributed by atoms with Crippen molar-refractivity contribution in [1.29, 1.82) is 0 Å². The fourth-order valence-corrected chi connectivity index (χ4v) is 1.96. The Morgan fingerprint density at radius 1 is 1.24 bits per heavy atom. The molecule has 17 heavy (non-hydrogen) atoms. The highest BCUT2D eigenvalue weighted by Crippen LogP contribution is 2.30. The predicted molar refractivity (Wildman–Crippen MR) is 75.2 cm³/mol. The summed E-state index contributed by atoms with van der Waals surface area (Å²) in [5, 5.41) is 1.14. The monoisotopic (exact) mass is 274 g/mol. The van der Waals surface area contributed by atoms with Crippen LogP contribution in [0.25, 0.3) is 0 Å². The van der Waals surface area contributed by atoms with E-state index >= 15 is 0 Å². The van der Waals surface area contributed by atoms with Gasteiger partial charge in [-0.15, -0.1) is 0 Å². The molecule has 1 unspecified atom stereocenters. The quantitative estimate of drug-likeness (QED) is 0.634. The second-order valence-corrected chi connectivity index (χ2v) is 6.31. The molecule has 2 nitrogen and oxygen atoms in total. The maximum absolute atomic E-state index is 6.00. The molecule has 0 saturated carbocycles. The van der Waals surface area contributed by atoms with E-state index in [0.717, 1.165) is 18.4 Å². The minimum absolute atomic E-state index is 0.115. The van der Waals surface area contributed by atoms with Gasteiger partial charge in [-0.1, -0.05) is 50.0 Å². The molecule has 1 rings (SSSR count). The van der Waals surface area contributed by atoms with Crippen molar-refractivity contribution >= 4 is 23.2 Å². The van der Waals surface area contributed by atoms with Crippen molar-refractivity contribution in [3.05, 3.63) is 33.8 Å². The molecule has 0 saturated heterocycles. The van der Waals surface area contributed by atoms with Crippen LogP contribution in [0.4, 0.5) is 0 Å². The standard InChI is InChI=1S/C13H20Cl2N2/c1-13(2,3)7-6-12(17-16)9-4-5-10(14)11(15)8-9/h4-5,8,12,17H,6-7,16H2,1-3H3. The Balaban J connectivity index is 2.76. The minimum Gasteiger partial charge on any atom is -0.271 e. The molecule has 0 aromatic heterocycles. The van der Waals surface area contributed by atoms with Gasteiger partial charge >= 0.3 is 0 Å². The molecule has 1 aromatic rings. The zero-order chi connectivity index (χ0) is 13.1. The molecular formula is C13H20Cl2N2. The number of hydrogen-bond acceptors (Lipinski definition) is 2. The van der Waals surface area contributed by atoms with Crippen molar-refractivity contribution in [3.63, 3.8) is 0 Å². The lowest BCUT2D eigenvalue weighted by molar-refractivity contribution is 0.333. The van der Waals surface area contributed by atoms with Crippen molar-refractivity contribution in [2.24, 2.45) is 11.3 Å². The molecule has 1 aromatic carbocycles. The van der Waals surface area contributed by atoms with Crippen LogP contribution in [-0.2, 0) is 0 Å². The van der Waals surface area contributed by atoms with Crippen LogP contribution in [0, 0.1) is 5.41 Å². The number of nitrogens with one attached hydrogen (secondary N) is 1. The first-order valence-electron chi connectivity index (χ1n) is 5.74. The van der Waals surface area contributed by atoms with Gasteiger partial charge in [0.25, 0.3) is 0 Å². The fraction of sp³-hybridized carbons (Fsp3) is 0.538. The van der Waals surface area contributed by atoms with Crippen molar-refractivity contribution < 1.29 is 0 Å². The van der Waals surface area contributed by atoms with E-state index in [1.165, 1.54) is 0 Å². The lowest BCUT2D eigenvalue weighted by Crippen LogP contribution is -2.28. The summed E-state index contributed by atoms with van der Waals surface area (Å²) in [7, 11) is 0. The first kappa shape index (κ1) is 14.8. The summed E-state index contributed by atoms with van der Waals surface area (Å²) in [5.74, 6) is 5.60. The Morgan fingerprint density at radius 2 is 1.88 bits per heavy atom. The van der Waals surface area contributed by atoms with Crippen LogP contribution in [0.1, 0.15) is 45.2 Å². The summed E-state index contributed by atoms with van der Waals surface area (Å²) in [5.41, 5.74) is 4.21. The molecule has 0 fully saturated rings. The lowest BCUT2D eigenvalue weighted by Gasteiger charge is -2.23. The summed E-state index contributed by atoms with van der Waals surface area (Å²) in [6.45, 7) is 6.65. The topological polar surface area (TPSA) is 38.0 Å². The van der Waals surface area contributed by atoms with Crippen molar-refractivity contribution in [1.82, 2.24) is 5.43 Å². The number of benzene rings is 1. The van der Waals surface area contributed by atoms with Crippen LogP contribution in [0.15, 0.2) is 18.2 Å². The number of nitrogens with two attached hydrogens (primary N) is 1. The summed E-state index contributed by atoms with van der Waals surface area (Å²) in [4.78, 5) is 0. The van der Waals surface area contributed by atoms with Crippen LogP contribution in [0.5, 0.6) is 0 Å². The van der Waals surface area contributed by atoms with E-state index in [2.05, 4.69) is 26.2 Å². The Kier molecular flexibility index (Phi) is 5.26. The number of rotatable bonds is 4. The minimum atomic E-state index is 0.115. The molecule has 0 heterocycles. The second-order valence-electron chi connectivity index (χ2n) is 5.49. The Hall–Kier alpha value is -0.280. The molecule has 0 aliphatic rings. The van der Waals surface area contributed by atoms with Gasteiger partial charge in [-0.2, -0.15) is 0 Å². The Labute approximate surface area is 113 Å². The van der Waals surface area contributed by atoms with Gasteiger partial charge in [-0.25, -0.2) is 0 Å². The number of halogens is 2. The zero-order valence-corrected chi connectivity index (χ0v) is 12.1. The number of hydrogen-bond donors (Lipinski definition) is 2. The van der Waals surface area contributed by atoms with Gasteiger partial charge < -0.3 is 0 Å². The van der Waals surface area contributed by atoms with E-state index in [0.29, 0.717) is 15.5 Å². The summed E-state index contributed by atoms with van der Waals surface area (Å²) >= 11 is 11.9. The number of hydrazine groups is 1. The van der Waals surface area contributed by atoms with Gasteiger partial charge in [0.2, 0.25) is 0 Å². The van der Waals surface area contributed by atoms with E-state index in [4.69, 9.17) is 29.0 Å². The highest BCUT2D eigenvalue weighted by molar-refractivity contribution is 6.42. The summed E-state index contributed by atoms with van der Waals surface area (Å²) in [6.07, 6.45) is 2.06. The third-order valence-corrected chi connectivity index (χ3v) is 3.47. The molecule has 4 heteroatoms. The van der Waals surface area contributed by atoms with Crippen LogP contribution >= 0.6 is 23.2 Å². The van der Waals surface area contributed by atoms with Crippen molar-refractivity contribution in [2.75, 3.05) is 0 Å². The van der Waals surface area contributed by atoms with Gasteiger partial charge in [-0.3, -0.25) is 11.3 Å². The predicted octanol–water partition coefficient (Wildman–Crippen LogP) is 4.32. The molecule has 0 amide bonds. The fourth-order valence-electron chi connectivity index (χ4n) is 1.65. The van der Waals surface area contributed by atoms with Crippen LogP contribution in [0.2, 0.25) is 10.0 Å². The Morgan fingerprint density at radius 3 is 2.35 bits per heavy atom. The lowest BCUT2D eigenvalue weighted by atomic mass is 9.87. The van der Waals surface area contributed by atoms with E-state index in [9.17, 15) is 0 Å². The van der Waals surface area contributed by atoms with Crippen LogP contribution in [-0.4, -0.2) is 0 Å². The highest BCUT2D eigenvalue weighted by Gasteiger charge is 2.16. The zero-order valence-electron chi connectivity index (χ0n) is 10.6.